The molecule has 0 fully saturated rings. The Morgan fingerprint density at radius 2 is 2.25 bits per heavy atom. The zero-order valence-electron chi connectivity index (χ0n) is 9.50. The Hall–Kier alpha value is -1.13. The second-order valence-electron chi connectivity index (χ2n) is 4.06. The Morgan fingerprint density at radius 1 is 1.44 bits per heavy atom. The molecule has 0 aromatic carbocycles. The second kappa shape index (κ2) is 4.80. The number of halogens is 1. The van der Waals surface area contributed by atoms with Gasteiger partial charge in [-0.2, -0.15) is 0 Å². The van der Waals surface area contributed by atoms with Crippen molar-refractivity contribution in [3.63, 3.8) is 0 Å². The van der Waals surface area contributed by atoms with Gasteiger partial charge in [0.05, 0.1) is 6.61 Å². The molecule has 0 aliphatic heterocycles. The molecular weight excluding hydrogens is 209 g/mol. The van der Waals surface area contributed by atoms with E-state index >= 15 is 0 Å². The molecular formula is C12H16FNO2. The van der Waals surface area contributed by atoms with Crippen molar-refractivity contribution in [3.8, 4) is 0 Å². The van der Waals surface area contributed by atoms with Crippen molar-refractivity contribution in [2.24, 2.45) is 5.92 Å². The van der Waals surface area contributed by atoms with E-state index in [2.05, 4.69) is 4.98 Å². The summed E-state index contributed by atoms with van der Waals surface area (Å²) in [5.41, 5.74) is 0.941. The molecule has 0 saturated carbocycles. The number of alkyl halides is 1. The van der Waals surface area contributed by atoms with Crippen LogP contribution in [-0.4, -0.2) is 25.1 Å². The molecule has 1 aromatic rings. The van der Waals surface area contributed by atoms with Crippen LogP contribution < -0.4 is 10.6 Å². The molecule has 2 unspecified atom stereocenters. The maximum atomic E-state index is 13.4. The fourth-order valence-corrected chi connectivity index (χ4v) is 1.82. The second-order valence-corrected chi connectivity index (χ2v) is 4.06. The standard InChI is InChI=1S/C12H16FNO2/c1-8-3-9-4-10(6-16-7-15-2)14-12(9)5-11(8)13/h3-5,8,11,14H,6-7H2,1-2H3. The van der Waals surface area contributed by atoms with Crippen LogP contribution in [0.15, 0.2) is 6.07 Å². The lowest BCUT2D eigenvalue weighted by Gasteiger charge is -2.10. The van der Waals surface area contributed by atoms with E-state index in [-0.39, 0.29) is 12.7 Å². The minimum absolute atomic E-state index is 0.0592. The number of nitrogens with one attached hydrogen (secondary N) is 1. The van der Waals surface area contributed by atoms with Gasteiger partial charge in [0.1, 0.15) is 13.0 Å². The zero-order valence-corrected chi connectivity index (χ0v) is 9.50. The van der Waals surface area contributed by atoms with Crippen LogP contribution in [0, 0.1) is 5.92 Å². The summed E-state index contributed by atoms with van der Waals surface area (Å²) in [5.74, 6) is -0.0592. The molecule has 16 heavy (non-hydrogen) atoms. The van der Waals surface area contributed by atoms with E-state index in [0.29, 0.717) is 6.61 Å². The fourth-order valence-electron chi connectivity index (χ4n) is 1.82. The smallest absolute Gasteiger partial charge is 0.146 e. The third kappa shape index (κ3) is 2.33. The summed E-state index contributed by atoms with van der Waals surface area (Å²) >= 11 is 0. The summed E-state index contributed by atoms with van der Waals surface area (Å²) in [6.07, 6.45) is 2.66. The highest BCUT2D eigenvalue weighted by Crippen LogP contribution is 2.12. The predicted octanol–water partition coefficient (Wildman–Crippen LogP) is 0.684. The largest absolute Gasteiger partial charge is 0.359 e. The Morgan fingerprint density at radius 3 is 3.00 bits per heavy atom. The number of ether oxygens (including phenoxy) is 2. The van der Waals surface area contributed by atoms with Crippen molar-refractivity contribution in [3.05, 3.63) is 22.3 Å². The maximum Gasteiger partial charge on any atom is 0.146 e. The lowest BCUT2D eigenvalue weighted by atomic mass is 10.0. The van der Waals surface area contributed by atoms with Crippen LogP contribution in [0.1, 0.15) is 12.6 Å². The van der Waals surface area contributed by atoms with Crippen molar-refractivity contribution in [2.75, 3.05) is 13.9 Å². The normalized spacial score (nSPS) is 23.4. The first-order valence-corrected chi connectivity index (χ1v) is 5.33. The maximum absolute atomic E-state index is 13.4. The van der Waals surface area contributed by atoms with Crippen molar-refractivity contribution < 1.29 is 13.9 Å². The van der Waals surface area contributed by atoms with E-state index in [4.69, 9.17) is 9.47 Å². The van der Waals surface area contributed by atoms with Crippen molar-refractivity contribution >= 4 is 12.2 Å². The summed E-state index contributed by atoms with van der Waals surface area (Å²) in [5, 5.41) is 1.90. The molecule has 0 radical (unpaired) electrons. The van der Waals surface area contributed by atoms with Crippen LogP contribution in [0.4, 0.5) is 4.39 Å². The minimum atomic E-state index is -0.904. The van der Waals surface area contributed by atoms with Crippen LogP contribution in [0.5, 0.6) is 0 Å². The third-order valence-electron chi connectivity index (χ3n) is 2.67. The van der Waals surface area contributed by atoms with Crippen molar-refractivity contribution in [1.29, 1.82) is 0 Å². The van der Waals surface area contributed by atoms with E-state index < -0.39 is 6.17 Å². The first-order chi connectivity index (χ1) is 7.70. The molecule has 1 heterocycles. The summed E-state index contributed by atoms with van der Waals surface area (Å²) < 4.78 is 23.4. The number of methoxy groups -OCH3 is 1. The highest BCUT2D eigenvalue weighted by atomic mass is 19.1. The molecule has 2 atom stereocenters. The topological polar surface area (TPSA) is 34.2 Å². The summed E-state index contributed by atoms with van der Waals surface area (Å²) in [6.45, 7) is 2.59. The molecule has 2 rings (SSSR count). The third-order valence-corrected chi connectivity index (χ3v) is 2.67. The van der Waals surface area contributed by atoms with Crippen molar-refractivity contribution in [2.45, 2.75) is 19.7 Å². The molecule has 1 N–H and O–H groups in total. The predicted molar refractivity (Wildman–Crippen MR) is 59.7 cm³/mol. The van der Waals surface area contributed by atoms with Crippen LogP contribution in [0.2, 0.25) is 0 Å². The Balaban J connectivity index is 2.18. The van der Waals surface area contributed by atoms with Gasteiger partial charge in [-0.15, -0.1) is 0 Å². The SMILES string of the molecule is COCOCc1cc2c([nH]1)=CC(F)C(C)C=2. The number of hydrogen-bond acceptors (Lipinski definition) is 2. The Bertz CT molecular complexity index is 428. The van der Waals surface area contributed by atoms with Gasteiger partial charge in [0, 0.05) is 24.1 Å². The number of rotatable bonds is 4. The van der Waals surface area contributed by atoms with Crippen molar-refractivity contribution in [1.82, 2.24) is 4.98 Å². The van der Waals surface area contributed by atoms with E-state index in [9.17, 15) is 4.39 Å². The lowest BCUT2D eigenvalue weighted by Crippen LogP contribution is -2.31. The van der Waals surface area contributed by atoms with Crippen LogP contribution >= 0.6 is 0 Å². The van der Waals surface area contributed by atoms with Gasteiger partial charge >= 0.3 is 0 Å². The monoisotopic (exact) mass is 225 g/mol. The van der Waals surface area contributed by atoms with Gasteiger partial charge in [-0.05, 0) is 17.4 Å². The van der Waals surface area contributed by atoms with Gasteiger partial charge in [0.15, 0.2) is 0 Å². The van der Waals surface area contributed by atoms with E-state index in [1.807, 2.05) is 19.1 Å². The fraction of sp³-hybridized carbons (Fsp3) is 0.500. The molecule has 1 aromatic heterocycles. The van der Waals surface area contributed by atoms with E-state index in [1.165, 1.54) is 0 Å². The van der Waals surface area contributed by atoms with E-state index in [1.54, 1.807) is 13.2 Å². The number of aromatic nitrogens is 1. The highest BCUT2D eigenvalue weighted by Gasteiger charge is 2.15. The molecule has 4 heteroatoms. The average molecular weight is 225 g/mol. The zero-order chi connectivity index (χ0) is 11.5. The molecule has 1 aliphatic carbocycles. The number of hydrogen-bond donors (Lipinski definition) is 1. The summed E-state index contributed by atoms with van der Waals surface area (Å²) in [4.78, 5) is 3.14. The quantitative estimate of drug-likeness (QED) is 0.604. The van der Waals surface area contributed by atoms with Gasteiger partial charge < -0.3 is 14.5 Å². The molecule has 88 valence electrons. The Labute approximate surface area is 93.6 Å². The van der Waals surface area contributed by atoms with Crippen LogP contribution in [0.25, 0.3) is 12.2 Å². The first-order valence-electron chi connectivity index (χ1n) is 5.33. The first kappa shape index (κ1) is 11.4. The minimum Gasteiger partial charge on any atom is -0.359 e. The number of aromatic amines is 1. The molecule has 3 nitrogen and oxygen atoms in total. The molecule has 0 amide bonds. The lowest BCUT2D eigenvalue weighted by molar-refractivity contribution is -0.0400. The number of H-pyrrole nitrogens is 1. The molecule has 1 aliphatic rings. The molecule has 0 saturated heterocycles. The van der Waals surface area contributed by atoms with Gasteiger partial charge in [-0.25, -0.2) is 4.39 Å². The average Bonchev–Trinajstić information content (AvgIpc) is 2.61. The van der Waals surface area contributed by atoms with Gasteiger partial charge in [-0.1, -0.05) is 13.0 Å². The van der Waals surface area contributed by atoms with Crippen LogP contribution in [0.3, 0.4) is 0 Å². The Kier molecular flexibility index (Phi) is 3.41. The number of fused-ring (bicyclic) bond motifs is 1. The van der Waals surface area contributed by atoms with Gasteiger partial charge in [-0.3, -0.25) is 0 Å². The molecule has 0 spiro atoms. The van der Waals surface area contributed by atoms with E-state index in [0.717, 1.165) is 16.3 Å². The molecule has 0 bridgehead atoms. The van der Waals surface area contributed by atoms with Crippen LogP contribution in [-0.2, 0) is 16.1 Å². The van der Waals surface area contributed by atoms with Gasteiger partial charge in [0.2, 0.25) is 0 Å². The summed E-state index contributed by atoms with van der Waals surface area (Å²) in [7, 11) is 1.58. The highest BCUT2D eigenvalue weighted by molar-refractivity contribution is 5.43. The summed E-state index contributed by atoms with van der Waals surface area (Å²) in [6, 6.07) is 1.99. The van der Waals surface area contributed by atoms with Gasteiger partial charge in [0.25, 0.3) is 0 Å².